The number of aromatic nitrogens is 1. The standard InChI is InChI=1S/C49H60N8O12/c1-7-34-46(64)56-24-12-16-35(56)47(65)54(6)37(26-30-18-20-32(21-19-30)53(4)5)48(66)57-25-22-33(58)27-36(57)43(61)52-41(31-14-10-9-11-15-31)49(67)69-29(3)40(44(62)50-34)51-45(63)42-38(59)17-13-23-55(42)28-39(60)68-8-2/h9-11,13-15,17-21,23,29,34-37,40-41H,7-8,12,16,22,24-28H2,1-6H3,(H3-,50,51,52,59,61,62,63)/t29-,34-,35+,36+,37+,40+,41+/m1/s1. The molecule has 3 aliphatic heterocycles. The molecule has 2 aromatic carbocycles. The average Bonchev–Trinajstić information content (AvgIpc) is 3.82. The molecule has 0 unspecified atom stereocenters. The number of anilines is 1. The van der Waals surface area contributed by atoms with Crippen molar-refractivity contribution in [2.24, 2.45) is 0 Å². The molecule has 69 heavy (non-hydrogen) atoms. The topological polar surface area (TPSA) is 248 Å². The number of Topliss-reactive ketones (excluding diaryl/α,β-unsaturated/α-hetero) is 1. The van der Waals surface area contributed by atoms with Gasteiger partial charge >= 0.3 is 17.8 Å². The summed E-state index contributed by atoms with van der Waals surface area (Å²) >= 11 is 0. The van der Waals surface area contributed by atoms with Crippen molar-refractivity contribution < 1.29 is 62.3 Å². The number of pyridine rings is 1. The van der Waals surface area contributed by atoms with E-state index in [-0.39, 0.29) is 56.7 Å². The monoisotopic (exact) mass is 952 g/mol. The first-order valence-corrected chi connectivity index (χ1v) is 23.1. The first-order valence-electron chi connectivity index (χ1n) is 23.1. The van der Waals surface area contributed by atoms with E-state index < -0.39 is 114 Å². The van der Waals surface area contributed by atoms with Gasteiger partial charge in [-0.05, 0) is 62.1 Å². The van der Waals surface area contributed by atoms with Crippen molar-refractivity contribution in [1.82, 2.24) is 30.7 Å². The van der Waals surface area contributed by atoms with E-state index in [1.807, 2.05) is 43.3 Å². The first kappa shape index (κ1) is 51.0. The SMILES string of the molecule is CCOC(=O)C[n+]1cccc([O-])c1C(=O)N[C@@H]1C(=O)N[C@H](CC)C(=O)N2CCC[C@H]2C(=O)N(C)[C@@H](Cc2ccc(N(C)C)cc2)C(=O)N2CCC(=O)C[C@H]2C(=O)N[C@@H](c2ccccc2)C(=O)O[C@@H]1C. The number of ether oxygens (including phenoxy) is 2. The second kappa shape index (κ2) is 22.6. The largest absolute Gasteiger partial charge is 0.868 e. The van der Waals surface area contributed by atoms with Gasteiger partial charge in [-0.1, -0.05) is 55.5 Å². The van der Waals surface area contributed by atoms with E-state index in [0.29, 0.717) is 12.0 Å². The van der Waals surface area contributed by atoms with Gasteiger partial charge < -0.3 is 50.1 Å². The number of fused-ring (bicyclic) bond motifs is 2. The molecule has 0 bridgehead atoms. The molecule has 3 aliphatic rings. The van der Waals surface area contributed by atoms with Crippen molar-refractivity contribution >= 4 is 58.9 Å². The number of rotatable bonds is 10. The van der Waals surface area contributed by atoms with Crippen LogP contribution in [0.1, 0.15) is 80.5 Å². The number of carbonyl (C=O) groups is 9. The predicted octanol–water partition coefficient (Wildman–Crippen LogP) is 0.0936. The van der Waals surface area contributed by atoms with Gasteiger partial charge in [0.05, 0.1) is 6.61 Å². The van der Waals surface area contributed by atoms with Crippen molar-refractivity contribution in [2.45, 2.75) is 108 Å². The smallest absolute Gasteiger partial charge is 0.372 e. The Balaban J connectivity index is 1.44. The number of cyclic esters (lactones) is 1. The van der Waals surface area contributed by atoms with E-state index in [2.05, 4.69) is 16.0 Å². The van der Waals surface area contributed by atoms with Crippen LogP contribution in [0.25, 0.3) is 0 Å². The molecule has 6 amide bonds. The summed E-state index contributed by atoms with van der Waals surface area (Å²) in [7, 11) is 5.22. The molecule has 20 nitrogen and oxygen atoms in total. The summed E-state index contributed by atoms with van der Waals surface area (Å²) in [5.74, 6) is -7.85. The van der Waals surface area contributed by atoms with Crippen LogP contribution in [0.2, 0.25) is 0 Å². The maximum Gasteiger partial charge on any atom is 0.372 e. The zero-order valence-electron chi connectivity index (χ0n) is 39.7. The molecule has 3 saturated heterocycles. The molecule has 6 rings (SSSR count). The summed E-state index contributed by atoms with van der Waals surface area (Å²) in [6.07, 6.45) is -0.0934. The summed E-state index contributed by atoms with van der Waals surface area (Å²) in [4.78, 5) is 133. The van der Waals surface area contributed by atoms with Crippen LogP contribution in [0, 0.1) is 0 Å². The molecular weight excluding hydrogens is 893 g/mol. The summed E-state index contributed by atoms with van der Waals surface area (Å²) in [5, 5.41) is 21.0. The number of benzene rings is 2. The molecule has 1 aromatic heterocycles. The number of nitrogens with zero attached hydrogens (tertiary/aromatic N) is 5. The van der Waals surface area contributed by atoms with Crippen LogP contribution >= 0.6 is 0 Å². The van der Waals surface area contributed by atoms with Crippen molar-refractivity contribution in [3.63, 3.8) is 0 Å². The van der Waals surface area contributed by atoms with E-state index in [9.17, 15) is 43.5 Å². The molecule has 3 N–H and O–H groups in total. The Labute approximate surface area is 400 Å². The van der Waals surface area contributed by atoms with Crippen LogP contribution in [-0.4, -0.2) is 145 Å². The molecule has 368 valence electrons. The van der Waals surface area contributed by atoms with Gasteiger partial charge in [0, 0.05) is 65.2 Å². The lowest BCUT2D eigenvalue weighted by Crippen LogP contribution is -2.61. The maximum absolute atomic E-state index is 15.0. The van der Waals surface area contributed by atoms with Gasteiger partial charge in [-0.25, -0.2) is 9.59 Å². The molecule has 0 radical (unpaired) electrons. The second-order valence-electron chi connectivity index (χ2n) is 17.5. The number of esters is 2. The number of carbonyl (C=O) groups excluding carboxylic acids is 9. The second-order valence-corrected chi connectivity index (χ2v) is 17.5. The molecule has 3 fully saturated rings. The minimum absolute atomic E-state index is 0.00544. The Morgan fingerprint density at radius 2 is 1.57 bits per heavy atom. The van der Waals surface area contributed by atoms with Gasteiger partial charge in [0.25, 0.3) is 5.69 Å². The lowest BCUT2D eigenvalue weighted by Gasteiger charge is -2.40. The van der Waals surface area contributed by atoms with Gasteiger partial charge in [-0.15, -0.1) is 0 Å². The third kappa shape index (κ3) is 11.8. The third-order valence-electron chi connectivity index (χ3n) is 12.7. The Morgan fingerprint density at radius 3 is 2.23 bits per heavy atom. The molecule has 20 heteroatoms. The number of ketones is 1. The minimum Gasteiger partial charge on any atom is -0.868 e. The van der Waals surface area contributed by atoms with Crippen molar-refractivity contribution in [2.75, 3.05) is 45.7 Å². The van der Waals surface area contributed by atoms with Crippen LogP contribution in [0.4, 0.5) is 5.69 Å². The maximum atomic E-state index is 15.0. The van der Waals surface area contributed by atoms with Crippen LogP contribution in [-0.2, 0) is 60.8 Å². The fourth-order valence-corrected chi connectivity index (χ4v) is 8.87. The van der Waals surface area contributed by atoms with Crippen molar-refractivity contribution in [1.29, 1.82) is 0 Å². The molecular formula is C49H60N8O12. The van der Waals surface area contributed by atoms with Crippen molar-refractivity contribution in [3.8, 4) is 5.75 Å². The van der Waals surface area contributed by atoms with Gasteiger partial charge in [-0.3, -0.25) is 33.6 Å². The highest BCUT2D eigenvalue weighted by molar-refractivity contribution is 6.01. The first-order chi connectivity index (χ1) is 32.9. The Hall–Kier alpha value is -7.38. The highest BCUT2D eigenvalue weighted by Crippen LogP contribution is 2.27. The fourth-order valence-electron chi connectivity index (χ4n) is 8.87. The Bertz CT molecular complexity index is 2430. The average molecular weight is 953 g/mol. The number of likely N-dealkylation sites (N-methyl/N-ethyl adjacent to an activating group) is 1. The molecule has 7 atom stereocenters. The van der Waals surface area contributed by atoms with Crippen molar-refractivity contribution in [3.05, 3.63) is 89.7 Å². The Kier molecular flexibility index (Phi) is 16.7. The number of hydrogen-bond acceptors (Lipinski definition) is 13. The minimum atomic E-state index is -1.81. The summed E-state index contributed by atoms with van der Waals surface area (Å²) in [5.41, 5.74) is 1.24. The number of piperidine rings is 1. The van der Waals surface area contributed by atoms with E-state index in [0.717, 1.165) is 16.3 Å². The molecule has 4 heterocycles. The zero-order chi connectivity index (χ0) is 50.1. The summed E-state index contributed by atoms with van der Waals surface area (Å²) in [6.45, 7) is 3.95. The van der Waals surface area contributed by atoms with Gasteiger partial charge in [0.2, 0.25) is 36.1 Å². The number of amides is 6. The van der Waals surface area contributed by atoms with Gasteiger partial charge in [0.15, 0.2) is 12.2 Å². The molecule has 3 aromatic rings. The summed E-state index contributed by atoms with van der Waals surface area (Å²) < 4.78 is 12.0. The van der Waals surface area contributed by atoms with Gasteiger partial charge in [0.1, 0.15) is 42.1 Å². The van der Waals surface area contributed by atoms with Gasteiger partial charge in [-0.2, -0.15) is 4.57 Å². The summed E-state index contributed by atoms with van der Waals surface area (Å²) in [6, 6.07) is 9.31. The third-order valence-corrected chi connectivity index (χ3v) is 12.7. The highest BCUT2D eigenvalue weighted by atomic mass is 16.5. The van der Waals surface area contributed by atoms with E-state index in [4.69, 9.17) is 9.47 Å². The lowest BCUT2D eigenvalue weighted by atomic mass is 9.95. The Morgan fingerprint density at radius 1 is 0.870 bits per heavy atom. The van der Waals surface area contributed by atoms with Crippen LogP contribution in [0.5, 0.6) is 5.75 Å². The molecule has 0 saturated carbocycles. The molecule has 0 spiro atoms. The fraction of sp³-hybridized carbons (Fsp3) is 0.469. The highest BCUT2D eigenvalue weighted by Gasteiger charge is 2.46. The molecule has 0 aliphatic carbocycles. The van der Waals surface area contributed by atoms with E-state index in [1.54, 1.807) is 32.0 Å². The van der Waals surface area contributed by atoms with E-state index >= 15 is 4.79 Å². The number of nitrogens with one attached hydrogen (secondary N) is 3. The normalized spacial score (nSPS) is 24.2. The number of hydrogen-bond donors (Lipinski definition) is 3. The predicted molar refractivity (Wildman–Crippen MR) is 245 cm³/mol. The van der Waals surface area contributed by atoms with Crippen LogP contribution in [0.15, 0.2) is 72.9 Å². The zero-order valence-corrected chi connectivity index (χ0v) is 39.7. The van der Waals surface area contributed by atoms with E-state index in [1.165, 1.54) is 53.1 Å². The quantitative estimate of drug-likeness (QED) is 0.181. The lowest BCUT2D eigenvalue weighted by molar-refractivity contribution is -0.690. The van der Waals surface area contributed by atoms with Crippen LogP contribution in [0.3, 0.4) is 0 Å². The van der Waals surface area contributed by atoms with Crippen LogP contribution < -0.4 is 30.5 Å².